The third-order valence-corrected chi connectivity index (χ3v) is 6.27. The normalized spacial score (nSPS) is 53.5. The van der Waals surface area contributed by atoms with Crippen molar-refractivity contribution in [3.63, 3.8) is 0 Å². The van der Waals surface area contributed by atoms with Crippen LogP contribution in [0.1, 0.15) is 38.5 Å². The van der Waals surface area contributed by atoms with Gasteiger partial charge in [0.05, 0.1) is 6.10 Å². The van der Waals surface area contributed by atoms with Crippen LogP contribution in [0.25, 0.3) is 0 Å². The molecule has 1 saturated heterocycles. The molecule has 4 fully saturated rings. The van der Waals surface area contributed by atoms with E-state index in [2.05, 4.69) is 4.90 Å². The van der Waals surface area contributed by atoms with Gasteiger partial charge < -0.3 is 10.0 Å². The highest BCUT2D eigenvalue weighted by atomic mass is 16.3. The average molecular weight is 235 g/mol. The monoisotopic (exact) mass is 235 g/mol. The molecule has 1 aliphatic heterocycles. The number of aliphatic hydroxyl groups is 1. The molecule has 3 saturated carbocycles. The Bertz CT molecular complexity index is 305. The van der Waals surface area contributed by atoms with Gasteiger partial charge in [-0.1, -0.05) is 6.42 Å². The Morgan fingerprint density at radius 2 is 1.82 bits per heavy atom. The predicted molar refractivity (Wildman–Crippen MR) is 67.6 cm³/mol. The summed E-state index contributed by atoms with van der Waals surface area (Å²) in [4.78, 5) is 2.68. The van der Waals surface area contributed by atoms with Crippen molar-refractivity contribution in [2.24, 2.45) is 29.6 Å². The number of rotatable bonds is 2. The molecule has 0 spiro atoms. The Kier molecular flexibility index (Phi) is 2.52. The smallest absolute Gasteiger partial charge is 0.0583 e. The van der Waals surface area contributed by atoms with Crippen molar-refractivity contribution < 1.29 is 5.11 Å². The summed E-state index contributed by atoms with van der Waals surface area (Å²) in [5.74, 6) is 4.59. The summed E-state index contributed by atoms with van der Waals surface area (Å²) in [6.07, 6.45) is 8.44. The first kappa shape index (κ1) is 10.8. The van der Waals surface area contributed by atoms with E-state index in [9.17, 15) is 5.11 Å². The van der Waals surface area contributed by atoms with E-state index in [1.807, 2.05) is 0 Å². The molecule has 0 aromatic rings. The van der Waals surface area contributed by atoms with E-state index in [0.29, 0.717) is 5.92 Å². The number of likely N-dealkylation sites (tertiary alicyclic amines) is 1. The van der Waals surface area contributed by atoms with Crippen LogP contribution in [0.5, 0.6) is 0 Å². The average Bonchev–Trinajstić information content (AvgIpc) is 3.02. The Hall–Kier alpha value is -0.0800. The molecule has 0 aromatic carbocycles. The Labute approximate surface area is 104 Å². The molecule has 4 rings (SSSR count). The van der Waals surface area contributed by atoms with Gasteiger partial charge in [0.15, 0.2) is 0 Å². The van der Waals surface area contributed by atoms with Gasteiger partial charge in [0, 0.05) is 25.6 Å². The Morgan fingerprint density at radius 3 is 2.53 bits per heavy atom. The fourth-order valence-corrected chi connectivity index (χ4v) is 5.41. The fraction of sp³-hybridized carbons (Fsp3) is 1.00. The molecule has 96 valence electrons. The van der Waals surface area contributed by atoms with Crippen LogP contribution < -0.4 is 0 Å². The number of aliphatic hydroxyl groups excluding tert-OH is 1. The lowest BCUT2D eigenvalue weighted by atomic mass is 9.88. The molecule has 2 bridgehead atoms. The van der Waals surface area contributed by atoms with Crippen molar-refractivity contribution >= 4 is 0 Å². The molecule has 1 N–H and O–H groups in total. The van der Waals surface area contributed by atoms with Crippen LogP contribution >= 0.6 is 0 Å². The van der Waals surface area contributed by atoms with E-state index in [1.165, 1.54) is 51.7 Å². The van der Waals surface area contributed by atoms with Gasteiger partial charge in [0.1, 0.15) is 0 Å². The molecule has 0 amide bonds. The predicted octanol–water partition coefficient (Wildman–Crippen LogP) is 2.13. The van der Waals surface area contributed by atoms with Crippen molar-refractivity contribution in [2.45, 2.75) is 44.6 Å². The van der Waals surface area contributed by atoms with Crippen molar-refractivity contribution in [1.29, 1.82) is 0 Å². The second kappa shape index (κ2) is 3.96. The molecule has 0 aromatic heterocycles. The maximum Gasteiger partial charge on any atom is 0.0583 e. The zero-order valence-corrected chi connectivity index (χ0v) is 10.7. The molecule has 6 atom stereocenters. The van der Waals surface area contributed by atoms with Crippen molar-refractivity contribution in [2.75, 3.05) is 19.6 Å². The lowest BCUT2D eigenvalue weighted by molar-refractivity contribution is 0.119. The van der Waals surface area contributed by atoms with E-state index in [-0.39, 0.29) is 6.10 Å². The van der Waals surface area contributed by atoms with Gasteiger partial charge in [0.25, 0.3) is 0 Å². The molecule has 4 aliphatic rings. The van der Waals surface area contributed by atoms with Gasteiger partial charge in [-0.2, -0.15) is 0 Å². The second-order valence-electron chi connectivity index (χ2n) is 7.22. The van der Waals surface area contributed by atoms with Crippen LogP contribution in [-0.4, -0.2) is 35.7 Å². The third-order valence-electron chi connectivity index (χ3n) is 6.27. The molecule has 1 heterocycles. The SMILES string of the molecule is OC1CCC2CN(CC3CC4CCC3C4)CC12. The highest BCUT2D eigenvalue weighted by Gasteiger charge is 2.45. The standard InChI is InChI=1S/C15H25NO/c17-15-4-3-12-7-16(9-14(12)15)8-13-6-10-1-2-11(13)5-10/h10-15,17H,1-9H2. The maximum absolute atomic E-state index is 9.96. The Morgan fingerprint density at radius 1 is 0.941 bits per heavy atom. The minimum absolute atomic E-state index is 0.0185. The largest absolute Gasteiger partial charge is 0.393 e. The topological polar surface area (TPSA) is 23.5 Å². The summed E-state index contributed by atoms with van der Waals surface area (Å²) < 4.78 is 0. The van der Waals surface area contributed by atoms with Crippen LogP contribution in [0, 0.1) is 29.6 Å². The quantitative estimate of drug-likeness (QED) is 0.792. The van der Waals surface area contributed by atoms with Crippen molar-refractivity contribution in [3.8, 4) is 0 Å². The van der Waals surface area contributed by atoms with Crippen LogP contribution in [0.3, 0.4) is 0 Å². The highest BCUT2D eigenvalue weighted by Crippen LogP contribution is 2.49. The molecule has 0 radical (unpaired) electrons. The minimum Gasteiger partial charge on any atom is -0.393 e. The third kappa shape index (κ3) is 1.76. The summed E-state index contributed by atoms with van der Waals surface area (Å²) in [7, 11) is 0. The zero-order valence-electron chi connectivity index (χ0n) is 10.7. The van der Waals surface area contributed by atoms with Gasteiger partial charge >= 0.3 is 0 Å². The van der Waals surface area contributed by atoms with E-state index in [1.54, 1.807) is 0 Å². The summed E-state index contributed by atoms with van der Waals surface area (Å²) in [6.45, 7) is 3.83. The van der Waals surface area contributed by atoms with Crippen LogP contribution in [-0.2, 0) is 0 Å². The van der Waals surface area contributed by atoms with E-state index >= 15 is 0 Å². The molecule has 2 nitrogen and oxygen atoms in total. The van der Waals surface area contributed by atoms with Crippen LogP contribution in [0.2, 0.25) is 0 Å². The fourth-order valence-electron chi connectivity index (χ4n) is 5.41. The van der Waals surface area contributed by atoms with E-state index < -0.39 is 0 Å². The summed E-state index contributed by atoms with van der Waals surface area (Å²) in [6, 6.07) is 0. The Balaban J connectivity index is 1.36. The molecule has 6 unspecified atom stereocenters. The lowest BCUT2D eigenvalue weighted by Gasteiger charge is -2.27. The molecule has 2 heteroatoms. The van der Waals surface area contributed by atoms with Crippen molar-refractivity contribution in [1.82, 2.24) is 4.90 Å². The number of hydrogen-bond donors (Lipinski definition) is 1. The summed E-state index contributed by atoms with van der Waals surface area (Å²) in [5, 5.41) is 9.96. The summed E-state index contributed by atoms with van der Waals surface area (Å²) >= 11 is 0. The molecule has 3 aliphatic carbocycles. The van der Waals surface area contributed by atoms with Gasteiger partial charge in [-0.25, -0.2) is 0 Å². The van der Waals surface area contributed by atoms with Gasteiger partial charge in [-0.15, -0.1) is 0 Å². The van der Waals surface area contributed by atoms with Gasteiger partial charge in [-0.05, 0) is 55.8 Å². The maximum atomic E-state index is 9.96. The molecular formula is C15H25NO. The van der Waals surface area contributed by atoms with Crippen LogP contribution in [0.15, 0.2) is 0 Å². The summed E-state index contributed by atoms with van der Waals surface area (Å²) in [5.41, 5.74) is 0. The van der Waals surface area contributed by atoms with Crippen LogP contribution in [0.4, 0.5) is 0 Å². The van der Waals surface area contributed by atoms with E-state index in [0.717, 1.165) is 30.1 Å². The van der Waals surface area contributed by atoms with Gasteiger partial charge in [0.2, 0.25) is 0 Å². The van der Waals surface area contributed by atoms with Gasteiger partial charge in [-0.3, -0.25) is 0 Å². The first-order chi connectivity index (χ1) is 8.29. The highest BCUT2D eigenvalue weighted by molar-refractivity contribution is 4.96. The molecule has 17 heavy (non-hydrogen) atoms. The number of fused-ring (bicyclic) bond motifs is 3. The van der Waals surface area contributed by atoms with E-state index in [4.69, 9.17) is 0 Å². The number of nitrogens with zero attached hydrogens (tertiary/aromatic N) is 1. The zero-order chi connectivity index (χ0) is 11.4. The first-order valence-corrected chi connectivity index (χ1v) is 7.70. The molecular weight excluding hydrogens is 210 g/mol. The lowest BCUT2D eigenvalue weighted by Crippen LogP contribution is -2.32. The minimum atomic E-state index is 0.0185. The van der Waals surface area contributed by atoms with Crippen molar-refractivity contribution in [3.05, 3.63) is 0 Å². The number of hydrogen-bond acceptors (Lipinski definition) is 2. The second-order valence-corrected chi connectivity index (χ2v) is 7.22. The first-order valence-electron chi connectivity index (χ1n) is 7.70.